The van der Waals surface area contributed by atoms with Crippen molar-refractivity contribution in [2.75, 3.05) is 13.6 Å². The van der Waals surface area contributed by atoms with Crippen LogP contribution in [0, 0.1) is 0 Å². The minimum absolute atomic E-state index is 0.222. The van der Waals surface area contributed by atoms with E-state index >= 15 is 0 Å². The summed E-state index contributed by atoms with van der Waals surface area (Å²) in [6.45, 7) is 4.48. The van der Waals surface area contributed by atoms with Gasteiger partial charge < -0.3 is 0 Å². The second kappa shape index (κ2) is 6.27. The molecule has 0 unspecified atom stereocenters. The molecule has 0 aliphatic heterocycles. The molecule has 0 fully saturated rings. The van der Waals surface area contributed by atoms with Crippen molar-refractivity contribution in [2.24, 2.45) is 0 Å². The van der Waals surface area contributed by atoms with Gasteiger partial charge in [-0.1, -0.05) is 38.1 Å². The highest BCUT2D eigenvalue weighted by atomic mass is 19.3. The number of halogens is 2. The van der Waals surface area contributed by atoms with Crippen LogP contribution in [0.4, 0.5) is 8.78 Å². The molecule has 0 saturated heterocycles. The van der Waals surface area contributed by atoms with Crippen molar-refractivity contribution in [3.8, 4) is 0 Å². The maximum absolute atomic E-state index is 12.4. The van der Waals surface area contributed by atoms with E-state index in [4.69, 9.17) is 0 Å². The normalized spacial score (nSPS) is 12.0. The molecule has 0 spiro atoms. The molecule has 0 bridgehead atoms. The van der Waals surface area contributed by atoms with Crippen LogP contribution < -0.4 is 0 Å². The van der Waals surface area contributed by atoms with E-state index in [1.807, 2.05) is 30.5 Å². The van der Waals surface area contributed by atoms with Crippen molar-refractivity contribution in [3.05, 3.63) is 41.7 Å². The van der Waals surface area contributed by atoms with Gasteiger partial charge in [-0.25, -0.2) is 8.78 Å². The molecule has 2 rings (SSSR count). The molecule has 0 saturated carbocycles. The highest BCUT2D eigenvalue weighted by molar-refractivity contribution is 5.87. The molecular weight excluding hydrogens is 258 g/mol. The Kier molecular flexibility index (Phi) is 4.65. The molecule has 1 aromatic carbocycles. The maximum atomic E-state index is 12.4. The zero-order chi connectivity index (χ0) is 14.7. The Morgan fingerprint density at radius 3 is 2.40 bits per heavy atom. The molecule has 0 radical (unpaired) electrons. The van der Waals surface area contributed by atoms with Crippen molar-refractivity contribution in [1.29, 1.82) is 0 Å². The molecule has 0 aliphatic carbocycles. The lowest BCUT2D eigenvalue weighted by molar-refractivity contribution is 0.0977. The summed E-state index contributed by atoms with van der Waals surface area (Å²) in [7, 11) is 1.71. The topological polar surface area (TPSA) is 16.1 Å². The van der Waals surface area contributed by atoms with Gasteiger partial charge in [-0.3, -0.25) is 9.88 Å². The Morgan fingerprint density at radius 2 is 1.80 bits per heavy atom. The van der Waals surface area contributed by atoms with Crippen LogP contribution in [0.25, 0.3) is 10.8 Å². The largest absolute Gasteiger partial charge is 0.296 e. The fourth-order valence-electron chi connectivity index (χ4n) is 2.45. The number of benzene rings is 1. The minimum atomic E-state index is -2.31. The van der Waals surface area contributed by atoms with Crippen molar-refractivity contribution in [2.45, 2.75) is 32.7 Å². The molecule has 0 atom stereocenters. The van der Waals surface area contributed by atoms with Crippen molar-refractivity contribution in [3.63, 3.8) is 0 Å². The zero-order valence-electron chi connectivity index (χ0n) is 12.1. The highest BCUT2D eigenvalue weighted by Gasteiger charge is 2.13. The van der Waals surface area contributed by atoms with Crippen molar-refractivity contribution < 1.29 is 8.78 Å². The number of aromatic nitrogens is 1. The van der Waals surface area contributed by atoms with Crippen LogP contribution in [-0.4, -0.2) is 29.9 Å². The molecular formula is C16H20F2N2. The van der Waals surface area contributed by atoms with Gasteiger partial charge in [-0.05, 0) is 23.9 Å². The predicted octanol–water partition coefficient (Wildman–Crippen LogP) is 4.06. The summed E-state index contributed by atoms with van der Waals surface area (Å²) >= 11 is 0. The summed E-state index contributed by atoms with van der Waals surface area (Å²) in [6.07, 6.45) is -0.492. The van der Waals surface area contributed by atoms with Crippen LogP contribution in [0.2, 0.25) is 0 Å². The SMILES string of the molecule is CC(C)c1ncc(CN(C)CC(F)F)c2ccccc12. The van der Waals surface area contributed by atoms with Gasteiger partial charge in [0.2, 0.25) is 0 Å². The highest BCUT2D eigenvalue weighted by Crippen LogP contribution is 2.26. The quantitative estimate of drug-likeness (QED) is 0.820. The van der Waals surface area contributed by atoms with Crippen LogP contribution in [-0.2, 0) is 6.54 Å². The van der Waals surface area contributed by atoms with Gasteiger partial charge in [0.15, 0.2) is 0 Å². The Morgan fingerprint density at radius 1 is 1.15 bits per heavy atom. The first-order chi connectivity index (χ1) is 9.49. The van der Waals surface area contributed by atoms with Gasteiger partial charge in [0.25, 0.3) is 6.43 Å². The number of nitrogens with zero attached hydrogens (tertiary/aromatic N) is 2. The van der Waals surface area contributed by atoms with E-state index in [-0.39, 0.29) is 6.54 Å². The van der Waals surface area contributed by atoms with Gasteiger partial charge in [-0.2, -0.15) is 0 Å². The summed E-state index contributed by atoms with van der Waals surface area (Å²) in [5.74, 6) is 0.341. The fourth-order valence-corrected chi connectivity index (χ4v) is 2.45. The molecule has 2 aromatic rings. The molecule has 108 valence electrons. The third-order valence-electron chi connectivity index (χ3n) is 3.35. The van der Waals surface area contributed by atoms with E-state index in [2.05, 4.69) is 18.8 Å². The van der Waals surface area contributed by atoms with Gasteiger partial charge in [-0.15, -0.1) is 0 Å². The first kappa shape index (κ1) is 14.9. The summed E-state index contributed by atoms with van der Waals surface area (Å²) in [6, 6.07) is 8.05. The van der Waals surface area contributed by atoms with Gasteiger partial charge >= 0.3 is 0 Å². The lowest BCUT2D eigenvalue weighted by Crippen LogP contribution is -2.24. The van der Waals surface area contributed by atoms with Crippen molar-refractivity contribution in [1.82, 2.24) is 9.88 Å². The molecule has 1 aromatic heterocycles. The average Bonchev–Trinajstić information content (AvgIpc) is 2.37. The fraction of sp³-hybridized carbons (Fsp3) is 0.438. The second-order valence-electron chi connectivity index (χ2n) is 5.46. The van der Waals surface area contributed by atoms with Gasteiger partial charge in [0.1, 0.15) is 0 Å². The van der Waals surface area contributed by atoms with Crippen LogP contribution in [0.15, 0.2) is 30.5 Å². The molecule has 0 aliphatic rings. The smallest absolute Gasteiger partial charge is 0.251 e. The average molecular weight is 278 g/mol. The summed E-state index contributed by atoms with van der Waals surface area (Å²) in [4.78, 5) is 6.15. The summed E-state index contributed by atoms with van der Waals surface area (Å²) in [5, 5.41) is 2.22. The number of pyridine rings is 1. The summed E-state index contributed by atoms with van der Waals surface area (Å²) in [5.41, 5.74) is 2.05. The molecule has 4 heteroatoms. The number of hydrogen-bond donors (Lipinski definition) is 0. The van der Waals surface area contributed by atoms with Crippen LogP contribution in [0.3, 0.4) is 0 Å². The maximum Gasteiger partial charge on any atom is 0.251 e. The monoisotopic (exact) mass is 278 g/mol. The zero-order valence-corrected chi connectivity index (χ0v) is 12.1. The Hall–Kier alpha value is -1.55. The first-order valence-electron chi connectivity index (χ1n) is 6.82. The Balaban J connectivity index is 2.38. The van der Waals surface area contributed by atoms with Gasteiger partial charge in [0.05, 0.1) is 12.2 Å². The first-order valence-corrected chi connectivity index (χ1v) is 6.82. The van der Waals surface area contributed by atoms with E-state index in [0.717, 1.165) is 22.0 Å². The third kappa shape index (κ3) is 3.31. The molecule has 2 nitrogen and oxygen atoms in total. The number of fused-ring (bicyclic) bond motifs is 1. The molecule has 1 heterocycles. The standard InChI is InChI=1S/C16H20F2N2/c1-11(2)16-14-7-5-4-6-13(14)12(8-19-16)9-20(3)10-15(17)18/h4-8,11,15H,9-10H2,1-3H3. The third-order valence-corrected chi connectivity index (χ3v) is 3.35. The second-order valence-corrected chi connectivity index (χ2v) is 5.46. The predicted molar refractivity (Wildman–Crippen MR) is 78.2 cm³/mol. The lowest BCUT2D eigenvalue weighted by atomic mass is 9.99. The lowest BCUT2D eigenvalue weighted by Gasteiger charge is -2.18. The van der Waals surface area contributed by atoms with E-state index in [1.165, 1.54) is 0 Å². The van der Waals surface area contributed by atoms with Crippen LogP contribution >= 0.6 is 0 Å². The molecule has 0 N–H and O–H groups in total. The number of alkyl halides is 2. The van der Waals surface area contributed by atoms with Crippen LogP contribution in [0.1, 0.15) is 31.0 Å². The van der Waals surface area contributed by atoms with E-state index in [0.29, 0.717) is 12.5 Å². The number of hydrogen-bond acceptors (Lipinski definition) is 2. The van der Waals surface area contributed by atoms with E-state index in [9.17, 15) is 8.78 Å². The van der Waals surface area contributed by atoms with Gasteiger partial charge in [0, 0.05) is 18.1 Å². The minimum Gasteiger partial charge on any atom is -0.296 e. The summed E-state index contributed by atoms with van der Waals surface area (Å²) < 4.78 is 24.8. The van der Waals surface area contributed by atoms with Crippen LogP contribution in [0.5, 0.6) is 0 Å². The van der Waals surface area contributed by atoms with E-state index < -0.39 is 6.43 Å². The Labute approximate surface area is 118 Å². The molecule has 20 heavy (non-hydrogen) atoms. The van der Waals surface area contributed by atoms with Crippen molar-refractivity contribution >= 4 is 10.8 Å². The van der Waals surface area contributed by atoms with E-state index in [1.54, 1.807) is 11.9 Å². The number of rotatable bonds is 5. The molecule has 0 amide bonds. The Bertz CT molecular complexity index is 582.